The van der Waals surface area contributed by atoms with E-state index in [1.54, 1.807) is 6.92 Å². The van der Waals surface area contributed by atoms with Gasteiger partial charge in [-0.05, 0) is 35.0 Å². The first-order valence-electron chi connectivity index (χ1n) is 5.23. The van der Waals surface area contributed by atoms with Gasteiger partial charge < -0.3 is 9.47 Å². The molecule has 1 aromatic carbocycles. The number of benzene rings is 1. The number of nitrogens with zero attached hydrogens (tertiary/aromatic N) is 1. The Labute approximate surface area is 119 Å². The van der Waals surface area contributed by atoms with Crippen molar-refractivity contribution in [3.05, 3.63) is 21.6 Å². The van der Waals surface area contributed by atoms with Crippen LogP contribution in [0.5, 0.6) is 5.75 Å². The maximum Gasteiger partial charge on any atom is 0.387 e. The Kier molecular flexibility index (Phi) is 4.31. The van der Waals surface area contributed by atoms with E-state index >= 15 is 0 Å². The molecule has 0 fully saturated rings. The molecule has 0 bridgehead atoms. The molecule has 102 valence electrons. The van der Waals surface area contributed by atoms with E-state index in [0.717, 1.165) is 0 Å². The summed E-state index contributed by atoms with van der Waals surface area (Å²) in [6.07, 6.45) is 0. The summed E-state index contributed by atoms with van der Waals surface area (Å²) < 4.78 is 35.0. The zero-order valence-corrected chi connectivity index (χ0v) is 12.1. The first kappa shape index (κ1) is 14.1. The summed E-state index contributed by atoms with van der Waals surface area (Å²) in [5.74, 6) is -0.731. The number of hydrogen-bond acceptors (Lipinski definition) is 5. The summed E-state index contributed by atoms with van der Waals surface area (Å²) in [7, 11) is 0. The van der Waals surface area contributed by atoms with E-state index < -0.39 is 12.6 Å². The second-order valence-corrected chi connectivity index (χ2v) is 5.69. The van der Waals surface area contributed by atoms with Gasteiger partial charge in [-0.2, -0.15) is 8.78 Å². The Bertz CT molecular complexity index is 617. The van der Waals surface area contributed by atoms with Gasteiger partial charge in [0.1, 0.15) is 5.52 Å². The molecule has 2 aromatic rings. The lowest BCUT2D eigenvalue weighted by Crippen LogP contribution is -2.07. The lowest BCUT2D eigenvalue weighted by molar-refractivity contribution is -0.0489. The number of ether oxygens (including phenoxy) is 2. The molecule has 0 aliphatic carbocycles. The lowest BCUT2D eigenvalue weighted by Gasteiger charge is -2.07. The lowest BCUT2D eigenvalue weighted by atomic mass is 10.2. The molecule has 0 saturated heterocycles. The summed E-state index contributed by atoms with van der Waals surface area (Å²) in [6.45, 7) is -1.12. The highest BCUT2D eigenvalue weighted by Crippen LogP contribution is 2.34. The highest BCUT2D eigenvalue weighted by atomic mass is 79.9. The number of fused-ring (bicyclic) bond motifs is 1. The van der Waals surface area contributed by atoms with Crippen LogP contribution in [0.25, 0.3) is 10.2 Å². The van der Waals surface area contributed by atoms with Gasteiger partial charge in [0.2, 0.25) is 0 Å². The number of halogens is 3. The molecule has 1 aromatic heterocycles. The molecular formula is C11H8BrF2NO3S. The summed E-state index contributed by atoms with van der Waals surface area (Å²) in [5.41, 5.74) is 0.436. The molecule has 0 aliphatic rings. The number of carbonyl (C=O) groups excluding carboxylic acids is 1. The number of esters is 1. The monoisotopic (exact) mass is 351 g/mol. The van der Waals surface area contributed by atoms with E-state index in [1.807, 2.05) is 0 Å². The van der Waals surface area contributed by atoms with Crippen LogP contribution < -0.4 is 4.74 Å². The van der Waals surface area contributed by atoms with Gasteiger partial charge >= 0.3 is 12.6 Å². The summed E-state index contributed by atoms with van der Waals surface area (Å²) >= 11 is 4.38. The van der Waals surface area contributed by atoms with Gasteiger partial charge in [-0.25, -0.2) is 9.78 Å². The van der Waals surface area contributed by atoms with Gasteiger partial charge in [0.05, 0.1) is 16.9 Å². The van der Waals surface area contributed by atoms with Crippen molar-refractivity contribution in [2.24, 2.45) is 0 Å². The number of thiazole rings is 1. The first-order valence-corrected chi connectivity index (χ1v) is 6.84. The first-order chi connectivity index (χ1) is 9.01. The van der Waals surface area contributed by atoms with E-state index in [-0.39, 0.29) is 23.4 Å². The van der Waals surface area contributed by atoms with Crippen LogP contribution in [-0.4, -0.2) is 24.2 Å². The Morgan fingerprint density at radius 3 is 2.89 bits per heavy atom. The fraction of sp³-hybridized carbons (Fsp3) is 0.273. The van der Waals surface area contributed by atoms with Crippen LogP contribution in [0, 0.1) is 0 Å². The van der Waals surface area contributed by atoms with E-state index in [4.69, 9.17) is 4.74 Å². The van der Waals surface area contributed by atoms with E-state index in [9.17, 15) is 13.6 Å². The standard InChI is InChI=1S/C11H8BrF2NO3S/c1-2-17-9(16)5-3-6(18-11(13)14)8-7(4-5)19-10(12)15-8/h3-4,11H,2H2,1H3. The third-order valence-electron chi connectivity index (χ3n) is 2.16. The highest BCUT2D eigenvalue weighted by molar-refractivity contribution is 9.11. The minimum Gasteiger partial charge on any atom is -0.462 e. The van der Waals surface area contributed by atoms with Crippen molar-refractivity contribution in [1.29, 1.82) is 0 Å². The van der Waals surface area contributed by atoms with Crippen LogP contribution in [-0.2, 0) is 4.74 Å². The van der Waals surface area contributed by atoms with E-state index in [2.05, 4.69) is 25.7 Å². The Hall–Kier alpha value is -1.28. The van der Waals surface area contributed by atoms with Crippen LogP contribution in [0.1, 0.15) is 17.3 Å². The minimum absolute atomic E-state index is 0.141. The van der Waals surface area contributed by atoms with Crippen LogP contribution in [0.4, 0.5) is 8.78 Å². The van der Waals surface area contributed by atoms with Crippen LogP contribution >= 0.6 is 27.3 Å². The van der Waals surface area contributed by atoms with Gasteiger partial charge in [-0.3, -0.25) is 0 Å². The molecule has 2 rings (SSSR count). The minimum atomic E-state index is -2.99. The van der Waals surface area contributed by atoms with Gasteiger partial charge in [0.15, 0.2) is 9.67 Å². The molecule has 4 nitrogen and oxygen atoms in total. The molecule has 19 heavy (non-hydrogen) atoms. The Balaban J connectivity index is 2.52. The van der Waals surface area contributed by atoms with Crippen molar-refractivity contribution in [2.45, 2.75) is 13.5 Å². The number of rotatable bonds is 4. The topological polar surface area (TPSA) is 48.4 Å². The van der Waals surface area contributed by atoms with Gasteiger partial charge in [-0.1, -0.05) is 0 Å². The number of hydrogen-bond donors (Lipinski definition) is 0. The second kappa shape index (κ2) is 5.79. The van der Waals surface area contributed by atoms with Crippen LogP contribution in [0.15, 0.2) is 16.0 Å². The normalized spacial score (nSPS) is 11.0. The molecule has 0 unspecified atom stereocenters. The van der Waals surface area contributed by atoms with Crippen molar-refractivity contribution in [3.8, 4) is 5.75 Å². The molecule has 8 heteroatoms. The van der Waals surface area contributed by atoms with Crippen molar-refractivity contribution in [1.82, 2.24) is 4.98 Å². The quantitative estimate of drug-likeness (QED) is 0.785. The van der Waals surface area contributed by atoms with Crippen molar-refractivity contribution >= 4 is 43.5 Å². The SMILES string of the molecule is CCOC(=O)c1cc(OC(F)F)c2nc(Br)sc2c1. The molecule has 1 heterocycles. The molecule has 0 spiro atoms. The van der Waals surface area contributed by atoms with E-state index in [1.165, 1.54) is 23.5 Å². The zero-order valence-electron chi connectivity index (χ0n) is 9.65. The number of aromatic nitrogens is 1. The van der Waals surface area contributed by atoms with Crippen LogP contribution in [0.3, 0.4) is 0 Å². The average molecular weight is 352 g/mol. The fourth-order valence-electron chi connectivity index (χ4n) is 1.49. The van der Waals surface area contributed by atoms with Crippen molar-refractivity contribution < 1.29 is 23.0 Å². The maximum atomic E-state index is 12.4. The smallest absolute Gasteiger partial charge is 0.387 e. The second-order valence-electron chi connectivity index (χ2n) is 3.39. The molecule has 0 amide bonds. The molecule has 0 saturated carbocycles. The fourth-order valence-corrected chi connectivity index (χ4v) is 2.94. The van der Waals surface area contributed by atoms with Crippen molar-refractivity contribution in [2.75, 3.05) is 6.61 Å². The number of alkyl halides is 2. The molecule has 0 radical (unpaired) electrons. The largest absolute Gasteiger partial charge is 0.462 e. The summed E-state index contributed by atoms with van der Waals surface area (Å²) in [4.78, 5) is 15.7. The maximum absolute atomic E-state index is 12.4. The number of carbonyl (C=O) groups is 1. The third-order valence-corrected chi connectivity index (χ3v) is 3.61. The van der Waals surface area contributed by atoms with Gasteiger partial charge in [-0.15, -0.1) is 11.3 Å². The van der Waals surface area contributed by atoms with Crippen LogP contribution in [0.2, 0.25) is 0 Å². The van der Waals surface area contributed by atoms with Gasteiger partial charge in [0.25, 0.3) is 0 Å². The zero-order chi connectivity index (χ0) is 14.0. The van der Waals surface area contributed by atoms with Crippen molar-refractivity contribution in [3.63, 3.8) is 0 Å². The highest BCUT2D eigenvalue weighted by Gasteiger charge is 2.17. The predicted octanol–water partition coefficient (Wildman–Crippen LogP) is 3.84. The predicted molar refractivity (Wildman–Crippen MR) is 69.9 cm³/mol. The molecular weight excluding hydrogens is 344 g/mol. The molecule has 0 atom stereocenters. The Morgan fingerprint density at radius 1 is 1.53 bits per heavy atom. The van der Waals surface area contributed by atoms with Gasteiger partial charge in [0, 0.05) is 0 Å². The summed E-state index contributed by atoms with van der Waals surface area (Å²) in [5, 5.41) is 0. The Morgan fingerprint density at radius 2 is 2.26 bits per heavy atom. The molecule has 0 aliphatic heterocycles. The van der Waals surface area contributed by atoms with E-state index in [0.29, 0.717) is 8.62 Å². The summed E-state index contributed by atoms with van der Waals surface area (Å²) in [6, 6.07) is 2.74. The molecule has 0 N–H and O–H groups in total. The third kappa shape index (κ3) is 3.19. The average Bonchev–Trinajstić information content (AvgIpc) is 2.69.